The number of benzene rings is 1. The number of rotatable bonds is 7. The molecular weight excluding hydrogens is 394 g/mol. The molecule has 1 N–H and O–H groups in total. The molecule has 5 nitrogen and oxygen atoms in total. The van der Waals surface area contributed by atoms with Gasteiger partial charge in [-0.15, -0.1) is 11.3 Å². The second-order valence-corrected chi connectivity index (χ2v) is 9.36. The van der Waals surface area contributed by atoms with Crippen LogP contribution >= 0.6 is 11.3 Å². The number of amides is 2. The number of piperidine rings is 1. The third-order valence-corrected chi connectivity index (χ3v) is 7.15. The molecule has 6 heteroatoms. The minimum Gasteiger partial charge on any atom is -0.339 e. The maximum absolute atomic E-state index is 13.0. The number of hydrogen-bond donors (Lipinski definition) is 1. The molecule has 160 valence electrons. The zero-order valence-corrected chi connectivity index (χ0v) is 18.3. The molecule has 2 fully saturated rings. The van der Waals surface area contributed by atoms with Crippen LogP contribution in [-0.2, 0) is 11.2 Å². The summed E-state index contributed by atoms with van der Waals surface area (Å²) in [6.07, 6.45) is 6.99. The lowest BCUT2D eigenvalue weighted by Gasteiger charge is -2.36. The number of hydrogen-bond acceptors (Lipinski definition) is 4. The van der Waals surface area contributed by atoms with E-state index in [0.29, 0.717) is 23.7 Å². The van der Waals surface area contributed by atoms with Gasteiger partial charge in [-0.3, -0.25) is 9.59 Å². The van der Waals surface area contributed by atoms with E-state index >= 15 is 0 Å². The molecule has 0 spiro atoms. The van der Waals surface area contributed by atoms with Crippen LogP contribution in [0.2, 0.25) is 0 Å². The molecule has 2 amide bonds. The number of carbonyl (C=O) groups is 2. The summed E-state index contributed by atoms with van der Waals surface area (Å²) in [5.41, 5.74) is 1.36. The maximum Gasteiger partial charge on any atom is 0.253 e. The highest BCUT2D eigenvalue weighted by Crippen LogP contribution is 2.23. The molecule has 2 saturated heterocycles. The quantitative estimate of drug-likeness (QED) is 0.715. The van der Waals surface area contributed by atoms with Crippen LogP contribution in [0.4, 0.5) is 5.69 Å². The number of carbonyl (C=O) groups excluding carboxylic acids is 2. The van der Waals surface area contributed by atoms with Crippen LogP contribution in [0.3, 0.4) is 0 Å². The summed E-state index contributed by atoms with van der Waals surface area (Å²) < 4.78 is 0. The highest BCUT2D eigenvalue weighted by Gasteiger charge is 2.28. The third kappa shape index (κ3) is 5.49. The molecule has 4 rings (SSSR count). The molecule has 3 heterocycles. The Morgan fingerprint density at radius 1 is 1.03 bits per heavy atom. The van der Waals surface area contributed by atoms with Crippen molar-refractivity contribution in [3.8, 4) is 0 Å². The van der Waals surface area contributed by atoms with E-state index in [0.717, 1.165) is 38.8 Å². The van der Waals surface area contributed by atoms with Crippen LogP contribution < -0.4 is 5.32 Å². The number of aryl methyl sites for hydroxylation is 1. The molecule has 2 aliphatic heterocycles. The predicted molar refractivity (Wildman–Crippen MR) is 122 cm³/mol. The second kappa shape index (κ2) is 10.2. The molecular formula is C24H31N3O2S. The average molecular weight is 426 g/mol. The Morgan fingerprint density at radius 3 is 2.57 bits per heavy atom. The summed E-state index contributed by atoms with van der Waals surface area (Å²) in [6.45, 7) is 4.07. The fourth-order valence-electron chi connectivity index (χ4n) is 4.55. The minimum absolute atomic E-state index is 0.00239. The van der Waals surface area contributed by atoms with Crippen LogP contribution in [0.25, 0.3) is 0 Å². The van der Waals surface area contributed by atoms with Gasteiger partial charge in [-0.05, 0) is 81.3 Å². The summed E-state index contributed by atoms with van der Waals surface area (Å²) in [5, 5.41) is 5.01. The fraction of sp³-hybridized carbons (Fsp3) is 0.500. The Bertz CT molecular complexity index is 838. The van der Waals surface area contributed by atoms with Gasteiger partial charge < -0.3 is 15.1 Å². The summed E-state index contributed by atoms with van der Waals surface area (Å²) in [5.74, 6) is 0.0752. The lowest BCUT2D eigenvalue weighted by atomic mass is 10.0. The van der Waals surface area contributed by atoms with Crippen LogP contribution in [0.5, 0.6) is 0 Å². The van der Waals surface area contributed by atoms with E-state index in [1.165, 1.54) is 30.8 Å². The third-order valence-electron chi connectivity index (χ3n) is 6.21. The summed E-state index contributed by atoms with van der Waals surface area (Å²) in [4.78, 5) is 31.1. The van der Waals surface area contributed by atoms with Crippen molar-refractivity contribution in [1.82, 2.24) is 9.80 Å². The molecule has 1 aromatic carbocycles. The molecule has 0 radical (unpaired) electrons. The SMILES string of the molecule is O=C(CCCc1cccs1)Nc1cccc(C(=O)N2CCC(N3CCCC3)CC2)c1. The first kappa shape index (κ1) is 21.1. The summed E-state index contributed by atoms with van der Waals surface area (Å²) in [6, 6.07) is 12.1. The zero-order valence-electron chi connectivity index (χ0n) is 17.5. The van der Waals surface area contributed by atoms with Crippen LogP contribution in [0, 0.1) is 0 Å². The van der Waals surface area contributed by atoms with E-state index in [2.05, 4.69) is 21.7 Å². The van der Waals surface area contributed by atoms with Crippen molar-refractivity contribution in [2.24, 2.45) is 0 Å². The Hall–Kier alpha value is -2.18. The Balaban J connectivity index is 1.26. The fourth-order valence-corrected chi connectivity index (χ4v) is 5.31. The van der Waals surface area contributed by atoms with E-state index in [9.17, 15) is 9.59 Å². The van der Waals surface area contributed by atoms with Crippen LogP contribution in [0.15, 0.2) is 41.8 Å². The number of likely N-dealkylation sites (tertiary alicyclic amines) is 2. The number of nitrogens with one attached hydrogen (secondary N) is 1. The molecule has 0 atom stereocenters. The molecule has 30 heavy (non-hydrogen) atoms. The highest BCUT2D eigenvalue weighted by atomic mass is 32.1. The van der Waals surface area contributed by atoms with E-state index in [1.807, 2.05) is 35.2 Å². The van der Waals surface area contributed by atoms with Gasteiger partial charge in [0, 0.05) is 41.7 Å². The standard InChI is InChI=1S/C24H31N3O2S/c28-23(10-4-8-22-9-5-17-30-22)25-20-7-3-6-19(18-20)24(29)27-15-11-21(12-16-27)26-13-1-2-14-26/h3,5-7,9,17-18,21H,1-2,4,8,10-16H2,(H,25,28). The second-order valence-electron chi connectivity index (χ2n) is 8.33. The lowest BCUT2D eigenvalue weighted by Crippen LogP contribution is -2.45. The Labute approximate surface area is 183 Å². The van der Waals surface area contributed by atoms with Crippen LogP contribution in [-0.4, -0.2) is 53.8 Å². The molecule has 0 unspecified atom stereocenters. The van der Waals surface area contributed by atoms with Crippen molar-refractivity contribution >= 4 is 28.8 Å². The van der Waals surface area contributed by atoms with Crippen molar-refractivity contribution in [2.75, 3.05) is 31.5 Å². The molecule has 0 bridgehead atoms. The largest absolute Gasteiger partial charge is 0.339 e. The van der Waals surface area contributed by atoms with Gasteiger partial charge in [-0.25, -0.2) is 0 Å². The van der Waals surface area contributed by atoms with E-state index < -0.39 is 0 Å². The van der Waals surface area contributed by atoms with Crippen molar-refractivity contribution in [3.63, 3.8) is 0 Å². The zero-order chi connectivity index (χ0) is 20.8. The van der Waals surface area contributed by atoms with Crippen molar-refractivity contribution in [1.29, 1.82) is 0 Å². The van der Waals surface area contributed by atoms with Gasteiger partial charge in [0.15, 0.2) is 0 Å². The Morgan fingerprint density at radius 2 is 1.83 bits per heavy atom. The first-order valence-electron chi connectivity index (χ1n) is 11.1. The monoisotopic (exact) mass is 425 g/mol. The number of anilines is 1. The van der Waals surface area contributed by atoms with Crippen molar-refractivity contribution < 1.29 is 9.59 Å². The van der Waals surface area contributed by atoms with Gasteiger partial charge in [-0.2, -0.15) is 0 Å². The van der Waals surface area contributed by atoms with E-state index in [-0.39, 0.29) is 11.8 Å². The van der Waals surface area contributed by atoms with Gasteiger partial charge >= 0.3 is 0 Å². The van der Waals surface area contributed by atoms with Gasteiger partial charge in [0.05, 0.1) is 0 Å². The molecule has 0 saturated carbocycles. The molecule has 0 aliphatic carbocycles. The van der Waals surface area contributed by atoms with Gasteiger partial charge in [0.1, 0.15) is 0 Å². The first-order valence-corrected chi connectivity index (χ1v) is 12.0. The Kier molecular flexibility index (Phi) is 7.18. The molecule has 1 aromatic heterocycles. The summed E-state index contributed by atoms with van der Waals surface area (Å²) in [7, 11) is 0. The minimum atomic E-state index is 0.00239. The molecule has 2 aliphatic rings. The maximum atomic E-state index is 13.0. The predicted octanol–water partition coefficient (Wildman–Crippen LogP) is 4.41. The van der Waals surface area contributed by atoms with Crippen molar-refractivity contribution in [3.05, 3.63) is 52.2 Å². The number of nitrogens with zero attached hydrogens (tertiary/aromatic N) is 2. The average Bonchev–Trinajstić information content (AvgIpc) is 3.48. The van der Waals surface area contributed by atoms with Gasteiger partial charge in [-0.1, -0.05) is 12.1 Å². The van der Waals surface area contributed by atoms with Crippen LogP contribution in [0.1, 0.15) is 53.8 Å². The number of thiophene rings is 1. The topological polar surface area (TPSA) is 52.7 Å². The smallest absolute Gasteiger partial charge is 0.253 e. The van der Waals surface area contributed by atoms with Gasteiger partial charge in [0.25, 0.3) is 5.91 Å². The summed E-state index contributed by atoms with van der Waals surface area (Å²) >= 11 is 1.73. The molecule has 2 aromatic rings. The highest BCUT2D eigenvalue weighted by molar-refractivity contribution is 7.09. The normalized spacial score (nSPS) is 17.9. The van der Waals surface area contributed by atoms with E-state index in [1.54, 1.807) is 11.3 Å². The first-order chi connectivity index (χ1) is 14.7. The lowest BCUT2D eigenvalue weighted by molar-refractivity contribution is -0.116. The van der Waals surface area contributed by atoms with E-state index in [4.69, 9.17) is 0 Å². The van der Waals surface area contributed by atoms with Gasteiger partial charge in [0.2, 0.25) is 5.91 Å². The van der Waals surface area contributed by atoms with Crippen molar-refractivity contribution in [2.45, 2.75) is 51.0 Å².